The van der Waals surface area contributed by atoms with Crippen LogP contribution in [0.2, 0.25) is 0 Å². The van der Waals surface area contributed by atoms with Crippen LogP contribution >= 0.6 is 0 Å². The van der Waals surface area contributed by atoms with Crippen molar-refractivity contribution in [3.8, 4) is 0 Å². The van der Waals surface area contributed by atoms with Gasteiger partial charge < -0.3 is 9.84 Å². The Kier molecular flexibility index (Phi) is 3.06. The smallest absolute Gasteiger partial charge is 0.339 e. The van der Waals surface area contributed by atoms with E-state index in [0.717, 1.165) is 5.69 Å². The molecule has 2 aromatic heterocycles. The van der Waals surface area contributed by atoms with Crippen molar-refractivity contribution in [2.45, 2.75) is 13.3 Å². The predicted molar refractivity (Wildman–Crippen MR) is 60.3 cm³/mol. The molecule has 0 aliphatic carbocycles. The summed E-state index contributed by atoms with van der Waals surface area (Å²) in [6.45, 7) is 2.37. The highest BCUT2D eigenvalue weighted by Gasteiger charge is 2.14. The van der Waals surface area contributed by atoms with Gasteiger partial charge in [0.05, 0.1) is 6.61 Å². The van der Waals surface area contributed by atoms with Gasteiger partial charge in [0.2, 0.25) is 0 Å². The van der Waals surface area contributed by atoms with Crippen LogP contribution in [0.3, 0.4) is 0 Å². The fraction of sp³-hybridized carbons (Fsp3) is 0.364. The molecule has 2 rings (SSSR count). The summed E-state index contributed by atoms with van der Waals surface area (Å²) in [4.78, 5) is 15.3. The summed E-state index contributed by atoms with van der Waals surface area (Å²) in [5.41, 5.74) is 1.39. The molecule has 0 bridgehead atoms. The normalized spacial score (nSPS) is 10.9. The average Bonchev–Trinajstić information content (AvgIpc) is 2.71. The van der Waals surface area contributed by atoms with E-state index in [1.807, 2.05) is 6.92 Å². The van der Waals surface area contributed by atoms with Crippen molar-refractivity contribution in [3.63, 3.8) is 0 Å². The Morgan fingerprint density at radius 1 is 1.53 bits per heavy atom. The van der Waals surface area contributed by atoms with Crippen molar-refractivity contribution in [1.29, 1.82) is 0 Å². The Bertz CT molecular complexity index is 562. The number of rotatable bonds is 4. The lowest BCUT2D eigenvalue weighted by Gasteiger charge is -1.99. The highest BCUT2D eigenvalue weighted by Crippen LogP contribution is 2.12. The molecule has 0 saturated carbocycles. The number of carbonyl (C=O) groups is 1. The minimum Gasteiger partial charge on any atom is -0.478 e. The molecule has 2 aromatic rings. The number of aromatic carboxylic acids is 1. The van der Waals surface area contributed by atoms with Crippen molar-refractivity contribution in [3.05, 3.63) is 29.2 Å². The third-order valence-electron chi connectivity index (χ3n) is 2.48. The van der Waals surface area contributed by atoms with Gasteiger partial charge in [0.25, 0.3) is 0 Å². The Morgan fingerprint density at radius 2 is 2.29 bits per heavy atom. The number of carboxylic acids is 1. The van der Waals surface area contributed by atoms with Crippen LogP contribution in [0, 0.1) is 6.92 Å². The van der Waals surface area contributed by atoms with Gasteiger partial charge in [0.15, 0.2) is 11.5 Å². The van der Waals surface area contributed by atoms with Gasteiger partial charge in [-0.3, -0.25) is 0 Å². The number of pyridine rings is 1. The molecule has 0 aliphatic rings. The lowest BCUT2D eigenvalue weighted by atomic mass is 10.2. The second-order valence-corrected chi connectivity index (χ2v) is 3.70. The van der Waals surface area contributed by atoms with Crippen LogP contribution in [-0.2, 0) is 11.2 Å². The van der Waals surface area contributed by atoms with Crippen LogP contribution in [0.1, 0.15) is 21.9 Å². The minimum absolute atomic E-state index is 0.159. The van der Waals surface area contributed by atoms with E-state index in [1.54, 1.807) is 23.8 Å². The second kappa shape index (κ2) is 4.50. The van der Waals surface area contributed by atoms with Gasteiger partial charge in [0, 0.05) is 19.2 Å². The Balaban J connectivity index is 2.53. The van der Waals surface area contributed by atoms with Crippen LogP contribution < -0.4 is 0 Å². The van der Waals surface area contributed by atoms with Gasteiger partial charge in [-0.1, -0.05) is 0 Å². The quantitative estimate of drug-likeness (QED) is 0.852. The van der Waals surface area contributed by atoms with E-state index in [0.29, 0.717) is 24.5 Å². The first-order valence-corrected chi connectivity index (χ1v) is 5.21. The molecule has 6 heteroatoms. The maximum absolute atomic E-state index is 11.0. The van der Waals surface area contributed by atoms with Crippen molar-refractivity contribution in [2.75, 3.05) is 13.7 Å². The zero-order chi connectivity index (χ0) is 12.4. The van der Waals surface area contributed by atoms with Crippen LogP contribution in [0.25, 0.3) is 5.65 Å². The molecule has 6 nitrogen and oxygen atoms in total. The third kappa shape index (κ3) is 2.12. The SMILES string of the molecule is COCCc1nc2c(C(=O)O)ccc(C)n2n1. The van der Waals surface area contributed by atoms with Gasteiger partial charge in [-0.05, 0) is 19.1 Å². The number of nitrogens with zero attached hydrogens (tertiary/aromatic N) is 3. The highest BCUT2D eigenvalue weighted by molar-refractivity contribution is 5.94. The Hall–Kier alpha value is -1.95. The first kappa shape index (κ1) is 11.5. The number of carboxylic acid groups (broad SMARTS) is 1. The molecule has 0 saturated heterocycles. The van der Waals surface area contributed by atoms with Crippen molar-refractivity contribution in [2.24, 2.45) is 0 Å². The lowest BCUT2D eigenvalue weighted by molar-refractivity contribution is 0.0698. The number of hydrogen-bond acceptors (Lipinski definition) is 4. The summed E-state index contributed by atoms with van der Waals surface area (Å²) >= 11 is 0. The van der Waals surface area contributed by atoms with E-state index in [-0.39, 0.29) is 5.56 Å². The molecule has 0 atom stereocenters. The summed E-state index contributed by atoms with van der Waals surface area (Å²) in [5.74, 6) is -0.413. The molecule has 0 fully saturated rings. The topological polar surface area (TPSA) is 76.7 Å². The zero-order valence-electron chi connectivity index (χ0n) is 9.67. The molecular weight excluding hydrogens is 222 g/mol. The summed E-state index contributed by atoms with van der Waals surface area (Å²) in [5, 5.41) is 13.3. The summed E-state index contributed by atoms with van der Waals surface area (Å²) in [7, 11) is 1.60. The Morgan fingerprint density at radius 3 is 2.94 bits per heavy atom. The van der Waals surface area contributed by atoms with Gasteiger partial charge in [-0.25, -0.2) is 14.3 Å². The van der Waals surface area contributed by atoms with E-state index < -0.39 is 5.97 Å². The third-order valence-corrected chi connectivity index (χ3v) is 2.48. The maximum Gasteiger partial charge on any atom is 0.339 e. The molecule has 17 heavy (non-hydrogen) atoms. The molecule has 0 aromatic carbocycles. The summed E-state index contributed by atoms with van der Waals surface area (Å²) in [6.07, 6.45) is 0.566. The lowest BCUT2D eigenvalue weighted by Crippen LogP contribution is -2.03. The van der Waals surface area contributed by atoms with Crippen LogP contribution in [0.15, 0.2) is 12.1 Å². The summed E-state index contributed by atoms with van der Waals surface area (Å²) in [6, 6.07) is 3.26. The number of methoxy groups -OCH3 is 1. The molecule has 2 heterocycles. The first-order chi connectivity index (χ1) is 8.13. The molecule has 0 amide bonds. The van der Waals surface area contributed by atoms with Gasteiger partial charge >= 0.3 is 5.97 Å². The van der Waals surface area contributed by atoms with E-state index in [1.165, 1.54) is 0 Å². The summed E-state index contributed by atoms with van der Waals surface area (Å²) < 4.78 is 6.49. The highest BCUT2D eigenvalue weighted by atomic mass is 16.5. The second-order valence-electron chi connectivity index (χ2n) is 3.70. The van der Waals surface area contributed by atoms with E-state index in [9.17, 15) is 4.79 Å². The van der Waals surface area contributed by atoms with E-state index in [4.69, 9.17) is 9.84 Å². The molecule has 1 N–H and O–H groups in total. The fourth-order valence-corrected chi connectivity index (χ4v) is 1.59. The maximum atomic E-state index is 11.0. The number of hydrogen-bond donors (Lipinski definition) is 1. The molecule has 0 unspecified atom stereocenters. The zero-order valence-corrected chi connectivity index (χ0v) is 9.67. The molecular formula is C11H13N3O3. The largest absolute Gasteiger partial charge is 0.478 e. The van der Waals surface area contributed by atoms with Gasteiger partial charge in [0.1, 0.15) is 5.56 Å². The van der Waals surface area contributed by atoms with E-state index in [2.05, 4.69) is 10.1 Å². The molecule has 0 radical (unpaired) electrons. The number of ether oxygens (including phenoxy) is 1. The first-order valence-electron chi connectivity index (χ1n) is 5.21. The van der Waals surface area contributed by atoms with Crippen LogP contribution in [-0.4, -0.2) is 39.4 Å². The van der Waals surface area contributed by atoms with Crippen LogP contribution in [0.4, 0.5) is 0 Å². The standard InChI is InChI=1S/C11H13N3O3/c1-7-3-4-8(11(15)16)10-12-9(5-6-17-2)13-14(7)10/h3-4H,5-6H2,1-2H3,(H,15,16). The average molecular weight is 235 g/mol. The van der Waals surface area contributed by atoms with Crippen molar-refractivity contribution < 1.29 is 14.6 Å². The van der Waals surface area contributed by atoms with Crippen molar-refractivity contribution in [1.82, 2.24) is 14.6 Å². The van der Waals surface area contributed by atoms with Crippen LogP contribution in [0.5, 0.6) is 0 Å². The molecule has 0 spiro atoms. The van der Waals surface area contributed by atoms with Gasteiger partial charge in [-0.2, -0.15) is 5.10 Å². The molecule has 90 valence electrons. The predicted octanol–water partition coefficient (Wildman–Crippen LogP) is 0.925. The number of aryl methyl sites for hydroxylation is 1. The fourth-order valence-electron chi connectivity index (χ4n) is 1.59. The molecule has 0 aliphatic heterocycles. The number of fused-ring (bicyclic) bond motifs is 1. The van der Waals surface area contributed by atoms with Crippen molar-refractivity contribution >= 4 is 11.6 Å². The van der Waals surface area contributed by atoms with Gasteiger partial charge in [-0.15, -0.1) is 0 Å². The van der Waals surface area contributed by atoms with E-state index >= 15 is 0 Å². The Labute approximate surface area is 97.9 Å². The number of aromatic nitrogens is 3. The monoisotopic (exact) mass is 235 g/mol. The minimum atomic E-state index is -0.999.